The maximum absolute atomic E-state index is 15.0. The molecule has 2 aromatic carbocycles. The molecule has 6 nitrogen and oxygen atoms in total. The highest BCUT2D eigenvalue weighted by Gasteiger charge is 2.65. The number of methoxy groups -OCH3 is 1. The Hall–Kier alpha value is -3.79. The minimum Gasteiger partial charge on any atom is -0.465 e. The number of alkyl halides is 3. The maximum Gasteiger partial charge on any atom is 0.398 e. The van der Waals surface area contributed by atoms with Gasteiger partial charge in [0.25, 0.3) is 5.91 Å². The highest BCUT2D eigenvalue weighted by molar-refractivity contribution is 6.34. The SMILES string of the molecule is COC(=O)c1ccc(-c2nn(C(=O)c3c(Cl)cccc3C3(C(F)(F)F)CC3)c3cccnc23)c(F)c1. The predicted octanol–water partition coefficient (Wildman–Crippen LogP) is 5.96. The maximum atomic E-state index is 15.0. The fraction of sp³-hybridized carbons (Fsp3) is 0.200. The molecule has 11 heteroatoms. The van der Waals surface area contributed by atoms with Crippen LogP contribution in [0.3, 0.4) is 0 Å². The standard InChI is InChI=1S/C25H16ClF4N3O3/c1-36-23(35)13-7-8-14(17(27)12-13)20-21-18(6-3-11-31-21)33(32-20)22(34)19-15(4-2-5-16(19)26)24(9-10-24)25(28,29)30/h2-8,11-12H,9-10H2,1H3. The fourth-order valence-corrected chi connectivity index (χ4v) is 4.57. The van der Waals surface area contributed by atoms with E-state index in [1.165, 1.54) is 48.7 Å². The van der Waals surface area contributed by atoms with Gasteiger partial charge in [-0.25, -0.2) is 9.18 Å². The molecule has 1 aliphatic rings. The van der Waals surface area contributed by atoms with Crippen LogP contribution in [0.15, 0.2) is 54.7 Å². The average Bonchev–Trinajstić information content (AvgIpc) is 3.59. The first-order valence-corrected chi connectivity index (χ1v) is 11.1. The Morgan fingerprint density at radius 2 is 1.86 bits per heavy atom. The van der Waals surface area contributed by atoms with Crippen LogP contribution >= 0.6 is 11.6 Å². The first-order valence-electron chi connectivity index (χ1n) is 10.7. The van der Waals surface area contributed by atoms with E-state index >= 15 is 4.39 Å². The molecule has 0 bridgehead atoms. The van der Waals surface area contributed by atoms with Crippen molar-refractivity contribution in [3.63, 3.8) is 0 Å². The summed E-state index contributed by atoms with van der Waals surface area (Å²) in [6.45, 7) is 0. The van der Waals surface area contributed by atoms with Gasteiger partial charge in [0.2, 0.25) is 0 Å². The molecule has 0 aliphatic heterocycles. The van der Waals surface area contributed by atoms with Crippen LogP contribution in [-0.2, 0) is 10.2 Å². The predicted molar refractivity (Wildman–Crippen MR) is 122 cm³/mol. The fourth-order valence-electron chi connectivity index (χ4n) is 4.32. The molecule has 4 aromatic rings. The van der Waals surface area contributed by atoms with Crippen molar-refractivity contribution in [3.8, 4) is 11.3 Å². The number of hydrogen-bond acceptors (Lipinski definition) is 5. The van der Waals surface area contributed by atoms with Crippen molar-refractivity contribution < 1.29 is 31.9 Å². The smallest absolute Gasteiger partial charge is 0.398 e. The summed E-state index contributed by atoms with van der Waals surface area (Å²) in [6.07, 6.45) is -3.49. The number of fused-ring (bicyclic) bond motifs is 1. The van der Waals surface area contributed by atoms with E-state index in [2.05, 4.69) is 14.8 Å². The van der Waals surface area contributed by atoms with Crippen LogP contribution in [0.2, 0.25) is 5.02 Å². The second-order valence-electron chi connectivity index (χ2n) is 8.37. The topological polar surface area (TPSA) is 74.1 Å². The highest BCUT2D eigenvalue weighted by atomic mass is 35.5. The zero-order valence-corrected chi connectivity index (χ0v) is 19.3. The van der Waals surface area contributed by atoms with Gasteiger partial charge in [-0.2, -0.15) is 23.0 Å². The Morgan fingerprint density at radius 3 is 2.50 bits per heavy atom. The van der Waals surface area contributed by atoms with Crippen molar-refractivity contribution in [1.29, 1.82) is 0 Å². The molecule has 0 atom stereocenters. The number of hydrogen-bond donors (Lipinski definition) is 0. The third kappa shape index (κ3) is 3.63. The van der Waals surface area contributed by atoms with Gasteiger partial charge in [-0.05, 0) is 54.8 Å². The summed E-state index contributed by atoms with van der Waals surface area (Å²) in [5, 5.41) is 4.09. The summed E-state index contributed by atoms with van der Waals surface area (Å²) < 4.78 is 62.3. The number of esters is 1. The lowest BCUT2D eigenvalue weighted by Crippen LogP contribution is -2.31. The minimum absolute atomic E-state index is 0.0292. The summed E-state index contributed by atoms with van der Waals surface area (Å²) in [7, 11) is 1.16. The van der Waals surface area contributed by atoms with E-state index in [1.54, 1.807) is 0 Å². The van der Waals surface area contributed by atoms with Crippen molar-refractivity contribution in [2.24, 2.45) is 0 Å². The van der Waals surface area contributed by atoms with E-state index in [-0.39, 0.29) is 56.8 Å². The van der Waals surface area contributed by atoms with Crippen LogP contribution in [-0.4, -0.2) is 39.9 Å². The summed E-state index contributed by atoms with van der Waals surface area (Å²) >= 11 is 6.27. The Bertz CT molecular complexity index is 1540. The van der Waals surface area contributed by atoms with Gasteiger partial charge in [0.15, 0.2) is 0 Å². The summed E-state index contributed by atoms with van der Waals surface area (Å²) in [5.74, 6) is -2.47. The molecule has 0 amide bonds. The van der Waals surface area contributed by atoms with Crippen LogP contribution in [0.1, 0.15) is 39.1 Å². The Balaban J connectivity index is 1.68. The van der Waals surface area contributed by atoms with Crippen molar-refractivity contribution in [2.45, 2.75) is 24.4 Å². The lowest BCUT2D eigenvalue weighted by atomic mass is 9.90. The van der Waals surface area contributed by atoms with Crippen LogP contribution in [0.25, 0.3) is 22.3 Å². The third-order valence-corrected chi connectivity index (χ3v) is 6.63. The summed E-state index contributed by atoms with van der Waals surface area (Å²) in [4.78, 5) is 29.6. The Labute approximate surface area is 206 Å². The first-order chi connectivity index (χ1) is 17.1. The number of carbonyl (C=O) groups is 2. The van der Waals surface area contributed by atoms with Gasteiger partial charge in [-0.3, -0.25) is 9.78 Å². The van der Waals surface area contributed by atoms with E-state index < -0.39 is 29.3 Å². The molecule has 2 aromatic heterocycles. The quantitative estimate of drug-likeness (QED) is 0.247. The van der Waals surface area contributed by atoms with Crippen molar-refractivity contribution >= 4 is 34.5 Å². The lowest BCUT2D eigenvalue weighted by molar-refractivity contribution is -0.160. The highest BCUT2D eigenvalue weighted by Crippen LogP contribution is 2.60. The van der Waals surface area contributed by atoms with E-state index in [9.17, 15) is 22.8 Å². The molecule has 1 saturated carbocycles. The van der Waals surface area contributed by atoms with Crippen molar-refractivity contribution in [2.75, 3.05) is 7.11 Å². The molecule has 0 unspecified atom stereocenters. The zero-order chi connectivity index (χ0) is 25.8. The van der Waals surface area contributed by atoms with Gasteiger partial charge >= 0.3 is 12.1 Å². The minimum atomic E-state index is -4.57. The number of carbonyl (C=O) groups excluding carboxylic acids is 2. The normalized spacial score (nSPS) is 14.6. The van der Waals surface area contributed by atoms with Gasteiger partial charge in [0.1, 0.15) is 17.0 Å². The third-order valence-electron chi connectivity index (χ3n) is 6.31. The van der Waals surface area contributed by atoms with E-state index in [1.807, 2.05) is 0 Å². The number of pyridine rings is 1. The molecular weight excluding hydrogens is 502 g/mol. The largest absolute Gasteiger partial charge is 0.465 e. The first kappa shape index (κ1) is 23.9. The monoisotopic (exact) mass is 517 g/mol. The molecule has 184 valence electrons. The molecule has 0 spiro atoms. The molecule has 2 heterocycles. The van der Waals surface area contributed by atoms with E-state index in [0.29, 0.717) is 0 Å². The Kier molecular flexibility index (Phi) is 5.59. The molecule has 5 rings (SSSR count). The van der Waals surface area contributed by atoms with Gasteiger partial charge in [-0.15, -0.1) is 0 Å². The van der Waals surface area contributed by atoms with E-state index in [0.717, 1.165) is 17.9 Å². The molecule has 0 N–H and O–H groups in total. The average molecular weight is 518 g/mol. The Morgan fingerprint density at radius 1 is 1.11 bits per heavy atom. The number of ether oxygens (including phenoxy) is 1. The molecule has 0 radical (unpaired) electrons. The van der Waals surface area contributed by atoms with Crippen molar-refractivity contribution in [3.05, 3.63) is 82.3 Å². The molecule has 1 fully saturated rings. The van der Waals surface area contributed by atoms with Gasteiger partial charge < -0.3 is 4.74 Å². The van der Waals surface area contributed by atoms with Crippen LogP contribution in [0, 0.1) is 5.82 Å². The summed E-state index contributed by atoms with van der Waals surface area (Å²) in [6, 6.07) is 10.5. The molecule has 0 saturated heterocycles. The number of halogens is 5. The zero-order valence-electron chi connectivity index (χ0n) is 18.6. The molecular formula is C25H16ClF4N3O3. The van der Waals surface area contributed by atoms with Gasteiger partial charge in [-0.1, -0.05) is 23.7 Å². The molecule has 36 heavy (non-hydrogen) atoms. The summed E-state index contributed by atoms with van der Waals surface area (Å²) in [5.41, 5.74) is -2.55. The number of aromatic nitrogens is 3. The second kappa shape index (κ2) is 8.41. The van der Waals surface area contributed by atoms with Crippen LogP contribution < -0.4 is 0 Å². The number of rotatable bonds is 4. The van der Waals surface area contributed by atoms with Gasteiger partial charge in [0, 0.05) is 11.8 Å². The number of benzene rings is 2. The second-order valence-corrected chi connectivity index (χ2v) is 8.77. The van der Waals surface area contributed by atoms with Crippen LogP contribution in [0.5, 0.6) is 0 Å². The van der Waals surface area contributed by atoms with Gasteiger partial charge in [0.05, 0.1) is 34.2 Å². The molecule has 1 aliphatic carbocycles. The lowest BCUT2D eigenvalue weighted by Gasteiger charge is -2.22. The van der Waals surface area contributed by atoms with E-state index in [4.69, 9.17) is 11.6 Å². The number of nitrogens with zero attached hydrogens (tertiary/aromatic N) is 3. The van der Waals surface area contributed by atoms with Crippen molar-refractivity contribution in [1.82, 2.24) is 14.8 Å². The van der Waals surface area contributed by atoms with Crippen LogP contribution in [0.4, 0.5) is 17.6 Å².